The number of thiazole rings is 1. The predicted octanol–water partition coefficient (Wildman–Crippen LogP) is 2.55. The van der Waals surface area contributed by atoms with Gasteiger partial charge in [-0.2, -0.15) is 5.11 Å². The fourth-order valence-corrected chi connectivity index (χ4v) is 1.99. The molecule has 0 radical (unpaired) electrons. The molecule has 0 aliphatic heterocycles. The lowest BCUT2D eigenvalue weighted by atomic mass is 10.3. The van der Waals surface area contributed by atoms with Crippen molar-refractivity contribution < 1.29 is 4.74 Å². The first-order valence-electron chi connectivity index (χ1n) is 3.86. The van der Waals surface area contributed by atoms with Gasteiger partial charge in [-0.3, -0.25) is 0 Å². The Bertz CT molecular complexity index is 493. The second kappa shape index (κ2) is 3.22. The summed E-state index contributed by atoms with van der Waals surface area (Å²) in [7, 11) is 1.57. The van der Waals surface area contributed by atoms with Gasteiger partial charge in [-0.1, -0.05) is 11.3 Å². The van der Waals surface area contributed by atoms with Gasteiger partial charge in [-0.15, -0.1) is 0 Å². The van der Waals surface area contributed by atoms with E-state index in [1.54, 1.807) is 13.2 Å². The third-order valence-electron chi connectivity index (χ3n) is 1.82. The number of aromatic nitrogens is 1. The highest BCUT2D eigenvalue weighted by Gasteiger charge is 2.08. The Balaban J connectivity index is 2.78. The maximum absolute atomic E-state index is 7.00. The number of methoxy groups -OCH3 is 1. The van der Waals surface area contributed by atoms with Crippen LogP contribution in [0.2, 0.25) is 0 Å². The van der Waals surface area contributed by atoms with Crippen molar-refractivity contribution in [1.82, 2.24) is 4.98 Å². The van der Waals surface area contributed by atoms with E-state index in [0.29, 0.717) is 22.1 Å². The SMILES string of the molecule is COc1cc(N=N)c2nc(N)sc2c1. The molecule has 3 N–H and O–H groups in total. The van der Waals surface area contributed by atoms with Crippen molar-refractivity contribution in [1.29, 1.82) is 5.53 Å². The number of nitrogen functional groups attached to an aromatic ring is 1. The van der Waals surface area contributed by atoms with E-state index in [0.717, 1.165) is 4.70 Å². The molecule has 1 heterocycles. The molecule has 0 aliphatic rings. The number of nitrogens with two attached hydrogens (primary N) is 1. The number of benzene rings is 1. The maximum atomic E-state index is 7.00. The lowest BCUT2D eigenvalue weighted by Gasteiger charge is -1.99. The topological polar surface area (TPSA) is 84.3 Å². The smallest absolute Gasteiger partial charge is 0.181 e. The molecule has 0 amide bonds. The van der Waals surface area contributed by atoms with Crippen molar-refractivity contribution >= 4 is 32.4 Å². The zero-order chi connectivity index (χ0) is 10.1. The monoisotopic (exact) mass is 208 g/mol. The second-order valence-corrected chi connectivity index (χ2v) is 3.72. The molecular weight excluding hydrogens is 200 g/mol. The standard InChI is InChI=1S/C8H8N4OS/c1-13-4-2-5(12-10)7-6(3-4)14-8(9)11-7/h2-3,10H,1H3,(H2,9,11). The van der Waals surface area contributed by atoms with Crippen LogP contribution in [-0.2, 0) is 0 Å². The minimum absolute atomic E-state index is 0.471. The lowest BCUT2D eigenvalue weighted by molar-refractivity contribution is 0.415. The summed E-state index contributed by atoms with van der Waals surface area (Å²) in [6, 6.07) is 3.49. The summed E-state index contributed by atoms with van der Waals surface area (Å²) in [6.07, 6.45) is 0. The third-order valence-corrected chi connectivity index (χ3v) is 2.65. The maximum Gasteiger partial charge on any atom is 0.181 e. The van der Waals surface area contributed by atoms with Crippen molar-refractivity contribution in [2.24, 2.45) is 5.11 Å². The minimum atomic E-state index is 0.471. The lowest BCUT2D eigenvalue weighted by Crippen LogP contribution is -1.82. The van der Waals surface area contributed by atoms with Crippen LogP contribution in [0.3, 0.4) is 0 Å². The molecule has 2 rings (SSSR count). The summed E-state index contributed by atoms with van der Waals surface area (Å²) < 4.78 is 5.95. The van der Waals surface area contributed by atoms with Gasteiger partial charge < -0.3 is 10.5 Å². The Morgan fingerprint density at radius 2 is 2.36 bits per heavy atom. The van der Waals surface area contributed by atoms with Crippen molar-refractivity contribution in [2.75, 3.05) is 12.8 Å². The molecule has 5 nitrogen and oxygen atoms in total. The highest BCUT2D eigenvalue weighted by Crippen LogP contribution is 2.35. The quantitative estimate of drug-likeness (QED) is 0.744. The fraction of sp³-hybridized carbons (Fsp3) is 0.125. The molecule has 0 aliphatic carbocycles. The second-order valence-electron chi connectivity index (χ2n) is 2.66. The van der Waals surface area contributed by atoms with Gasteiger partial charge in [0.05, 0.1) is 11.8 Å². The molecule has 0 bridgehead atoms. The molecule has 0 saturated heterocycles. The van der Waals surface area contributed by atoms with Crippen molar-refractivity contribution in [3.63, 3.8) is 0 Å². The average molecular weight is 208 g/mol. The molecule has 0 unspecified atom stereocenters. The van der Waals surface area contributed by atoms with Gasteiger partial charge in [0, 0.05) is 6.07 Å². The first-order valence-corrected chi connectivity index (χ1v) is 4.67. The van der Waals surface area contributed by atoms with Crippen LogP contribution in [0.5, 0.6) is 5.75 Å². The van der Waals surface area contributed by atoms with Gasteiger partial charge in [0.1, 0.15) is 17.0 Å². The first-order chi connectivity index (χ1) is 6.74. The van der Waals surface area contributed by atoms with E-state index in [-0.39, 0.29) is 0 Å². The summed E-state index contributed by atoms with van der Waals surface area (Å²) in [5, 5.41) is 3.85. The molecule has 0 atom stereocenters. The molecule has 1 aromatic heterocycles. The number of nitrogens with one attached hydrogen (secondary N) is 1. The van der Waals surface area contributed by atoms with E-state index in [9.17, 15) is 0 Å². The summed E-state index contributed by atoms with van der Waals surface area (Å²) in [6.45, 7) is 0. The number of rotatable bonds is 2. The van der Waals surface area contributed by atoms with Gasteiger partial charge in [0.2, 0.25) is 0 Å². The van der Waals surface area contributed by atoms with Crippen LogP contribution in [0.1, 0.15) is 0 Å². The van der Waals surface area contributed by atoms with E-state index in [1.165, 1.54) is 11.3 Å². The number of nitrogens with zero attached hydrogens (tertiary/aromatic N) is 2. The number of hydrogen-bond acceptors (Lipinski definition) is 6. The number of anilines is 1. The Morgan fingerprint density at radius 3 is 3.00 bits per heavy atom. The van der Waals surface area contributed by atoms with E-state index in [1.807, 2.05) is 6.07 Å². The Morgan fingerprint density at radius 1 is 1.57 bits per heavy atom. The largest absolute Gasteiger partial charge is 0.497 e. The number of hydrogen-bond donors (Lipinski definition) is 2. The average Bonchev–Trinajstić information content (AvgIpc) is 2.56. The van der Waals surface area contributed by atoms with Gasteiger partial charge in [-0.25, -0.2) is 10.5 Å². The van der Waals surface area contributed by atoms with Crippen molar-refractivity contribution in [2.45, 2.75) is 0 Å². The Kier molecular flexibility index (Phi) is 2.05. The summed E-state index contributed by atoms with van der Waals surface area (Å²) in [5.74, 6) is 0.659. The van der Waals surface area contributed by atoms with E-state index >= 15 is 0 Å². The molecular formula is C8H8N4OS. The van der Waals surface area contributed by atoms with Crippen molar-refractivity contribution in [3.8, 4) is 5.75 Å². The molecule has 0 spiro atoms. The number of ether oxygens (including phenoxy) is 1. The van der Waals surface area contributed by atoms with Crippen LogP contribution in [0, 0.1) is 5.53 Å². The summed E-state index contributed by atoms with van der Waals surface area (Å²) in [4.78, 5) is 4.09. The van der Waals surface area contributed by atoms with E-state index < -0.39 is 0 Å². The molecule has 0 fully saturated rings. The molecule has 72 valence electrons. The predicted molar refractivity (Wildman–Crippen MR) is 55.4 cm³/mol. The van der Waals surface area contributed by atoms with Crippen LogP contribution in [0.15, 0.2) is 17.2 Å². The summed E-state index contributed by atoms with van der Waals surface area (Å²) >= 11 is 1.35. The molecule has 14 heavy (non-hydrogen) atoms. The third kappa shape index (κ3) is 1.29. The van der Waals surface area contributed by atoms with Crippen LogP contribution < -0.4 is 10.5 Å². The van der Waals surface area contributed by atoms with Crippen LogP contribution in [0.4, 0.5) is 10.8 Å². The highest BCUT2D eigenvalue weighted by atomic mass is 32.1. The van der Waals surface area contributed by atoms with Crippen LogP contribution in [0.25, 0.3) is 10.2 Å². The van der Waals surface area contributed by atoms with Gasteiger partial charge in [0.25, 0.3) is 0 Å². The zero-order valence-corrected chi connectivity index (χ0v) is 8.26. The Hall–Kier alpha value is -1.69. The fourth-order valence-electron chi connectivity index (χ4n) is 1.21. The van der Waals surface area contributed by atoms with E-state index in [4.69, 9.17) is 16.0 Å². The van der Waals surface area contributed by atoms with Gasteiger partial charge >= 0.3 is 0 Å². The molecule has 2 aromatic rings. The first kappa shape index (κ1) is 8.89. The Labute approximate surface area is 84.0 Å². The van der Waals surface area contributed by atoms with Crippen LogP contribution in [-0.4, -0.2) is 12.1 Å². The molecule has 0 saturated carbocycles. The minimum Gasteiger partial charge on any atom is -0.497 e. The molecule has 6 heteroatoms. The van der Waals surface area contributed by atoms with Crippen molar-refractivity contribution in [3.05, 3.63) is 12.1 Å². The summed E-state index contributed by atoms with van der Waals surface area (Å²) in [5.41, 5.74) is 13.7. The van der Waals surface area contributed by atoms with Gasteiger partial charge in [0.15, 0.2) is 5.13 Å². The van der Waals surface area contributed by atoms with Crippen LogP contribution >= 0.6 is 11.3 Å². The molecule has 1 aromatic carbocycles. The zero-order valence-electron chi connectivity index (χ0n) is 7.44. The normalized spacial score (nSPS) is 10.4. The van der Waals surface area contributed by atoms with Gasteiger partial charge in [-0.05, 0) is 6.07 Å². The van der Waals surface area contributed by atoms with E-state index in [2.05, 4.69) is 10.1 Å². The number of fused-ring (bicyclic) bond motifs is 1. The highest BCUT2D eigenvalue weighted by molar-refractivity contribution is 7.22.